The summed E-state index contributed by atoms with van der Waals surface area (Å²) in [6.45, 7) is 5.59. The van der Waals surface area contributed by atoms with Gasteiger partial charge >= 0.3 is 0 Å². The Morgan fingerprint density at radius 2 is 1.87 bits per heavy atom. The van der Waals surface area contributed by atoms with Gasteiger partial charge in [0.05, 0.1) is 17.7 Å². The maximum absolute atomic E-state index is 5.00. The number of piperazine rings is 1. The lowest BCUT2D eigenvalue weighted by Gasteiger charge is -2.46. The van der Waals surface area contributed by atoms with Gasteiger partial charge in [-0.25, -0.2) is 20.0 Å². The molecule has 3 aromatic rings. The van der Waals surface area contributed by atoms with Gasteiger partial charge < -0.3 is 10.2 Å². The van der Waals surface area contributed by atoms with Gasteiger partial charge in [0.25, 0.3) is 0 Å². The molecule has 0 bridgehead atoms. The van der Waals surface area contributed by atoms with Gasteiger partial charge in [0, 0.05) is 44.1 Å². The van der Waals surface area contributed by atoms with Gasteiger partial charge in [0.1, 0.15) is 12.8 Å². The van der Waals surface area contributed by atoms with Crippen LogP contribution in [0.3, 0.4) is 0 Å². The highest BCUT2D eigenvalue weighted by Crippen LogP contribution is 2.33. The number of guanidine groups is 1. The fourth-order valence-corrected chi connectivity index (χ4v) is 4.48. The zero-order chi connectivity index (χ0) is 20.1. The van der Waals surface area contributed by atoms with Crippen molar-refractivity contribution in [2.45, 2.75) is 6.17 Å². The topological polar surface area (TPSA) is 68.1 Å². The fraction of sp³-hybridized carbons (Fsp3) is 0.381. The Morgan fingerprint density at radius 3 is 2.70 bits per heavy atom. The Kier molecular flexibility index (Phi) is 4.19. The monoisotopic (exact) mass is 403 g/mol. The first kappa shape index (κ1) is 17.8. The number of aliphatic imine (C=N–C) groups is 1. The van der Waals surface area contributed by atoms with Crippen molar-refractivity contribution in [3.8, 4) is 0 Å². The molecule has 1 atom stereocenters. The van der Waals surface area contributed by atoms with Crippen LogP contribution in [0.4, 0.5) is 5.95 Å². The highest BCUT2D eigenvalue weighted by atomic mass is 15.7. The zero-order valence-electron chi connectivity index (χ0n) is 17.0. The lowest BCUT2D eigenvalue weighted by Crippen LogP contribution is -2.62. The van der Waals surface area contributed by atoms with Crippen LogP contribution in [0.5, 0.6) is 0 Å². The van der Waals surface area contributed by atoms with Crippen molar-refractivity contribution < 1.29 is 0 Å². The van der Waals surface area contributed by atoms with E-state index in [4.69, 9.17) is 9.98 Å². The molecule has 1 fully saturated rings. The van der Waals surface area contributed by atoms with Crippen LogP contribution in [-0.4, -0.2) is 82.0 Å². The van der Waals surface area contributed by atoms with E-state index in [1.54, 1.807) is 6.20 Å². The number of nitrogens with zero attached hydrogens (tertiary/aromatic N) is 8. The van der Waals surface area contributed by atoms with E-state index in [1.807, 2.05) is 18.3 Å². The zero-order valence-corrected chi connectivity index (χ0v) is 17.0. The molecule has 1 saturated heterocycles. The molecule has 0 amide bonds. The summed E-state index contributed by atoms with van der Waals surface area (Å²) in [5.74, 6) is 1.79. The number of hydrazine groups is 1. The van der Waals surface area contributed by atoms with Crippen molar-refractivity contribution in [3.63, 3.8) is 0 Å². The summed E-state index contributed by atoms with van der Waals surface area (Å²) in [4.78, 5) is 18.8. The van der Waals surface area contributed by atoms with E-state index in [9.17, 15) is 0 Å². The highest BCUT2D eigenvalue weighted by Gasteiger charge is 2.37. The molecule has 0 aliphatic carbocycles. The number of nitrogens with one attached hydrogen (secondary N) is 1. The van der Waals surface area contributed by atoms with Crippen molar-refractivity contribution >= 4 is 22.9 Å². The van der Waals surface area contributed by atoms with Gasteiger partial charge in [-0.05, 0) is 25.2 Å². The molecule has 0 spiro atoms. The number of fused-ring (bicyclic) bond motifs is 5. The molecular formula is C21H25N9. The van der Waals surface area contributed by atoms with Gasteiger partial charge in [0.15, 0.2) is 0 Å². The molecule has 6 rings (SSSR count). The summed E-state index contributed by atoms with van der Waals surface area (Å²) in [5, 5.41) is 8.38. The largest absolute Gasteiger partial charge is 0.331 e. The second-order valence-electron chi connectivity index (χ2n) is 8.06. The average molecular weight is 403 g/mol. The SMILES string of the molecule is CN1CCN(N2CN=C3NC(c4cccnc4)n4c(nc5ccccc54)N3C2)CC1. The number of anilines is 1. The third kappa shape index (κ3) is 2.85. The molecule has 3 aliphatic rings. The Labute approximate surface area is 175 Å². The van der Waals surface area contributed by atoms with E-state index in [0.717, 1.165) is 61.4 Å². The maximum Gasteiger partial charge on any atom is 0.216 e. The molecule has 0 saturated carbocycles. The molecule has 1 aromatic carbocycles. The molecule has 9 nitrogen and oxygen atoms in total. The molecule has 30 heavy (non-hydrogen) atoms. The summed E-state index contributed by atoms with van der Waals surface area (Å²) in [6.07, 6.45) is 3.62. The van der Waals surface area contributed by atoms with Crippen LogP contribution in [-0.2, 0) is 0 Å². The number of hydrogen-bond donors (Lipinski definition) is 1. The number of imidazole rings is 1. The standard InChI is InChI=1S/C21H25N9/c1-26-9-11-27(12-10-26)28-14-23-20-25-19(16-5-4-8-22-13-16)30-18-7-3-2-6-17(18)24-21(30)29(20)15-28/h2-8,13,19H,9-12,14-15H2,1H3,(H,23,25). The molecule has 2 aromatic heterocycles. The molecule has 1 N–H and O–H groups in total. The minimum Gasteiger partial charge on any atom is -0.331 e. The van der Waals surface area contributed by atoms with Gasteiger partial charge in [-0.15, -0.1) is 0 Å². The summed E-state index contributed by atoms with van der Waals surface area (Å²) < 4.78 is 2.26. The van der Waals surface area contributed by atoms with E-state index in [1.165, 1.54) is 0 Å². The van der Waals surface area contributed by atoms with Crippen LogP contribution in [0.1, 0.15) is 11.7 Å². The first-order valence-corrected chi connectivity index (χ1v) is 10.4. The van der Waals surface area contributed by atoms with Gasteiger partial charge in [-0.2, -0.15) is 0 Å². The lowest BCUT2D eigenvalue weighted by atomic mass is 10.2. The van der Waals surface area contributed by atoms with Crippen molar-refractivity contribution in [2.24, 2.45) is 4.99 Å². The van der Waals surface area contributed by atoms with Gasteiger partial charge in [-0.1, -0.05) is 18.2 Å². The van der Waals surface area contributed by atoms with E-state index in [0.29, 0.717) is 6.67 Å². The average Bonchev–Trinajstić information content (AvgIpc) is 3.19. The second-order valence-corrected chi connectivity index (χ2v) is 8.06. The number of benzene rings is 1. The van der Waals surface area contributed by atoms with Crippen molar-refractivity contribution in [1.82, 2.24) is 34.8 Å². The van der Waals surface area contributed by atoms with Crippen molar-refractivity contribution in [3.05, 3.63) is 54.4 Å². The lowest BCUT2D eigenvalue weighted by molar-refractivity contribution is -0.0528. The summed E-state index contributed by atoms with van der Waals surface area (Å²) in [5.41, 5.74) is 3.18. The molecule has 5 heterocycles. The highest BCUT2D eigenvalue weighted by molar-refractivity contribution is 5.98. The van der Waals surface area contributed by atoms with E-state index in [2.05, 4.69) is 66.0 Å². The predicted octanol–water partition coefficient (Wildman–Crippen LogP) is 1.14. The number of pyridine rings is 1. The number of aromatic nitrogens is 3. The van der Waals surface area contributed by atoms with Crippen LogP contribution >= 0.6 is 0 Å². The molecular weight excluding hydrogens is 378 g/mol. The quantitative estimate of drug-likeness (QED) is 0.688. The Morgan fingerprint density at radius 1 is 1.00 bits per heavy atom. The van der Waals surface area contributed by atoms with E-state index >= 15 is 0 Å². The number of likely N-dealkylation sites (N-methyl/N-ethyl adjacent to an activating group) is 1. The van der Waals surface area contributed by atoms with E-state index in [-0.39, 0.29) is 6.17 Å². The maximum atomic E-state index is 5.00. The van der Waals surface area contributed by atoms with Gasteiger partial charge in [0.2, 0.25) is 11.9 Å². The van der Waals surface area contributed by atoms with Crippen LogP contribution < -0.4 is 10.2 Å². The Balaban J connectivity index is 1.41. The van der Waals surface area contributed by atoms with Crippen LogP contribution in [0, 0.1) is 0 Å². The first-order valence-electron chi connectivity index (χ1n) is 10.4. The molecule has 1 unspecified atom stereocenters. The van der Waals surface area contributed by atoms with Gasteiger partial charge in [-0.3, -0.25) is 14.5 Å². The van der Waals surface area contributed by atoms with Crippen molar-refractivity contribution in [1.29, 1.82) is 0 Å². The van der Waals surface area contributed by atoms with Crippen LogP contribution in [0.15, 0.2) is 53.8 Å². The minimum atomic E-state index is -0.0914. The van der Waals surface area contributed by atoms with Crippen LogP contribution in [0.25, 0.3) is 11.0 Å². The minimum absolute atomic E-state index is 0.0914. The second kappa shape index (κ2) is 7.05. The van der Waals surface area contributed by atoms with Crippen LogP contribution in [0.2, 0.25) is 0 Å². The molecule has 154 valence electrons. The molecule has 0 radical (unpaired) electrons. The summed E-state index contributed by atoms with van der Waals surface area (Å²) in [6, 6.07) is 12.4. The number of para-hydroxylation sites is 2. The third-order valence-electron chi connectivity index (χ3n) is 6.17. The Hall–Kier alpha value is -3.01. The normalized spacial score (nSPS) is 23.0. The smallest absolute Gasteiger partial charge is 0.216 e. The summed E-state index contributed by atoms with van der Waals surface area (Å²) in [7, 11) is 2.18. The number of rotatable bonds is 2. The van der Waals surface area contributed by atoms with Crippen molar-refractivity contribution in [2.75, 3.05) is 51.5 Å². The number of hydrogen-bond acceptors (Lipinski definition) is 8. The summed E-state index contributed by atoms with van der Waals surface area (Å²) >= 11 is 0. The third-order valence-corrected chi connectivity index (χ3v) is 6.17. The molecule has 9 heteroatoms. The first-order chi connectivity index (χ1) is 14.8. The predicted molar refractivity (Wildman–Crippen MR) is 116 cm³/mol. The molecule has 3 aliphatic heterocycles. The fourth-order valence-electron chi connectivity index (χ4n) is 4.48. The Bertz CT molecular complexity index is 1080. The van der Waals surface area contributed by atoms with E-state index < -0.39 is 0 Å².